The van der Waals surface area contributed by atoms with Gasteiger partial charge in [-0.1, -0.05) is 30.3 Å². The number of halogens is 1. The van der Waals surface area contributed by atoms with Gasteiger partial charge in [-0.05, 0) is 17.7 Å². The fourth-order valence-electron chi connectivity index (χ4n) is 3.00. The fourth-order valence-corrected chi connectivity index (χ4v) is 3.00. The third-order valence-electron chi connectivity index (χ3n) is 4.41. The topological polar surface area (TPSA) is 86.7 Å². The molecule has 1 aromatic heterocycles. The van der Waals surface area contributed by atoms with E-state index < -0.39 is 0 Å². The molecule has 7 nitrogen and oxygen atoms in total. The lowest BCUT2D eigenvalue weighted by molar-refractivity contribution is 0.297. The predicted octanol–water partition coefficient (Wildman–Crippen LogP) is 3.64. The summed E-state index contributed by atoms with van der Waals surface area (Å²) in [5.41, 5.74) is 8.08. The van der Waals surface area contributed by atoms with Crippen molar-refractivity contribution in [3.63, 3.8) is 0 Å². The van der Waals surface area contributed by atoms with Crippen molar-refractivity contribution in [3.8, 4) is 11.5 Å². The summed E-state index contributed by atoms with van der Waals surface area (Å²) < 4.78 is 13.4. The standard InChI is InChI=1S/C21H23N5O2.HI/c22-21(25-17-7-8-18-19(13-17)28-12-4-11-27-18)24-14-20-23-9-10-26(20)15-16-5-2-1-3-6-16;/h1-3,5-10,13H,4,11-12,14-15H2,(H3,22,24,25);1H. The quantitative estimate of drug-likeness (QED) is 0.314. The summed E-state index contributed by atoms with van der Waals surface area (Å²) in [6.07, 6.45) is 4.60. The van der Waals surface area contributed by atoms with Gasteiger partial charge >= 0.3 is 0 Å². The molecule has 3 N–H and O–H groups in total. The molecule has 0 saturated carbocycles. The molecule has 152 valence electrons. The molecular weight excluding hydrogens is 481 g/mol. The molecule has 0 amide bonds. The van der Waals surface area contributed by atoms with E-state index in [0.29, 0.717) is 31.5 Å². The van der Waals surface area contributed by atoms with Crippen molar-refractivity contribution in [1.29, 1.82) is 0 Å². The van der Waals surface area contributed by atoms with Crippen molar-refractivity contribution in [2.45, 2.75) is 19.5 Å². The highest BCUT2D eigenvalue weighted by atomic mass is 127. The monoisotopic (exact) mass is 505 g/mol. The van der Waals surface area contributed by atoms with E-state index in [2.05, 4.69) is 32.0 Å². The third-order valence-corrected chi connectivity index (χ3v) is 4.41. The molecule has 1 aliphatic rings. The maximum absolute atomic E-state index is 6.06. The Morgan fingerprint density at radius 2 is 1.90 bits per heavy atom. The zero-order valence-electron chi connectivity index (χ0n) is 16.0. The van der Waals surface area contributed by atoms with E-state index in [1.165, 1.54) is 5.56 Å². The van der Waals surface area contributed by atoms with Crippen LogP contribution in [0.25, 0.3) is 0 Å². The lowest BCUT2D eigenvalue weighted by atomic mass is 10.2. The SMILES string of the molecule is I.NC(=NCc1nccn1Cc1ccccc1)Nc1ccc2c(c1)OCCCO2. The number of aliphatic imine (C=N–C) groups is 1. The summed E-state index contributed by atoms with van der Waals surface area (Å²) in [5, 5.41) is 3.10. The summed E-state index contributed by atoms with van der Waals surface area (Å²) >= 11 is 0. The maximum atomic E-state index is 6.06. The molecule has 0 fully saturated rings. The second-order valence-corrected chi connectivity index (χ2v) is 6.50. The van der Waals surface area contributed by atoms with E-state index in [-0.39, 0.29) is 24.0 Å². The summed E-state index contributed by atoms with van der Waals surface area (Å²) in [7, 11) is 0. The Bertz CT molecular complexity index is 959. The van der Waals surface area contributed by atoms with Gasteiger partial charge in [-0.3, -0.25) is 0 Å². The van der Waals surface area contributed by atoms with Crippen LogP contribution in [0.3, 0.4) is 0 Å². The second kappa shape index (κ2) is 10.1. The predicted molar refractivity (Wildman–Crippen MR) is 124 cm³/mol. The van der Waals surface area contributed by atoms with Crippen molar-refractivity contribution in [3.05, 3.63) is 72.3 Å². The number of guanidine groups is 1. The minimum Gasteiger partial charge on any atom is -0.490 e. The Morgan fingerprint density at radius 3 is 2.72 bits per heavy atom. The Hall–Kier alpha value is -2.75. The van der Waals surface area contributed by atoms with Gasteiger partial charge in [0, 0.05) is 37.1 Å². The Morgan fingerprint density at radius 1 is 1.10 bits per heavy atom. The van der Waals surface area contributed by atoms with Gasteiger partial charge in [0.05, 0.1) is 13.2 Å². The van der Waals surface area contributed by atoms with Crippen LogP contribution in [0.5, 0.6) is 11.5 Å². The molecule has 0 atom stereocenters. The normalized spacial score (nSPS) is 13.3. The number of nitrogens with zero attached hydrogens (tertiary/aromatic N) is 3. The van der Waals surface area contributed by atoms with Gasteiger partial charge in [-0.15, -0.1) is 24.0 Å². The number of nitrogens with two attached hydrogens (primary N) is 1. The van der Waals surface area contributed by atoms with Gasteiger partial charge in [0.15, 0.2) is 17.5 Å². The number of ether oxygens (including phenoxy) is 2. The van der Waals surface area contributed by atoms with Gasteiger partial charge < -0.3 is 25.1 Å². The van der Waals surface area contributed by atoms with Crippen molar-refractivity contribution < 1.29 is 9.47 Å². The number of rotatable bonds is 5. The first kappa shape index (κ1) is 21.0. The van der Waals surface area contributed by atoms with Crippen LogP contribution in [0, 0.1) is 0 Å². The first-order valence-corrected chi connectivity index (χ1v) is 9.28. The largest absolute Gasteiger partial charge is 0.490 e. The maximum Gasteiger partial charge on any atom is 0.193 e. The van der Waals surface area contributed by atoms with E-state index in [1.807, 2.05) is 42.6 Å². The molecule has 2 heterocycles. The van der Waals surface area contributed by atoms with E-state index in [1.54, 1.807) is 6.20 Å². The van der Waals surface area contributed by atoms with Crippen molar-refractivity contribution in [2.24, 2.45) is 10.7 Å². The first-order chi connectivity index (χ1) is 13.8. The van der Waals surface area contributed by atoms with Gasteiger partial charge in [-0.25, -0.2) is 9.98 Å². The number of hydrogen-bond donors (Lipinski definition) is 2. The lowest BCUT2D eigenvalue weighted by Gasteiger charge is -2.11. The highest BCUT2D eigenvalue weighted by Gasteiger charge is 2.11. The summed E-state index contributed by atoms with van der Waals surface area (Å²) in [6, 6.07) is 15.9. The van der Waals surface area contributed by atoms with Gasteiger partial charge in [-0.2, -0.15) is 0 Å². The van der Waals surface area contributed by atoms with Crippen LogP contribution in [0.4, 0.5) is 5.69 Å². The molecule has 0 radical (unpaired) electrons. The summed E-state index contributed by atoms with van der Waals surface area (Å²) in [5.74, 6) is 2.64. The number of aromatic nitrogens is 2. The molecule has 0 aliphatic carbocycles. The smallest absolute Gasteiger partial charge is 0.193 e. The Kier molecular flexibility index (Phi) is 7.34. The number of fused-ring (bicyclic) bond motifs is 1. The number of nitrogens with one attached hydrogen (secondary N) is 1. The molecule has 29 heavy (non-hydrogen) atoms. The minimum atomic E-state index is 0. The molecule has 0 bridgehead atoms. The number of anilines is 1. The lowest BCUT2D eigenvalue weighted by Crippen LogP contribution is -2.23. The van der Waals surface area contributed by atoms with Crippen molar-refractivity contribution in [2.75, 3.05) is 18.5 Å². The van der Waals surface area contributed by atoms with Crippen LogP contribution in [-0.2, 0) is 13.1 Å². The van der Waals surface area contributed by atoms with Crippen molar-refractivity contribution >= 4 is 35.6 Å². The molecule has 2 aromatic carbocycles. The second-order valence-electron chi connectivity index (χ2n) is 6.50. The molecule has 0 spiro atoms. The zero-order valence-corrected chi connectivity index (χ0v) is 18.3. The molecule has 3 aromatic rings. The van der Waals surface area contributed by atoms with Gasteiger partial charge in [0.1, 0.15) is 12.4 Å². The highest BCUT2D eigenvalue weighted by Crippen LogP contribution is 2.32. The number of hydrogen-bond acceptors (Lipinski definition) is 4. The zero-order chi connectivity index (χ0) is 19.2. The molecule has 0 saturated heterocycles. The van der Waals surface area contributed by atoms with Crippen LogP contribution in [0.1, 0.15) is 17.8 Å². The highest BCUT2D eigenvalue weighted by molar-refractivity contribution is 14.0. The average molecular weight is 505 g/mol. The van der Waals surface area contributed by atoms with Crippen LogP contribution < -0.4 is 20.5 Å². The Balaban J connectivity index is 0.00000240. The summed E-state index contributed by atoms with van der Waals surface area (Å²) in [6.45, 7) is 2.45. The van der Waals surface area contributed by atoms with E-state index in [9.17, 15) is 0 Å². The van der Waals surface area contributed by atoms with Crippen LogP contribution in [0.15, 0.2) is 65.9 Å². The third kappa shape index (κ3) is 5.63. The van der Waals surface area contributed by atoms with Crippen LogP contribution >= 0.6 is 24.0 Å². The van der Waals surface area contributed by atoms with Gasteiger partial charge in [0.25, 0.3) is 0 Å². The number of imidazole rings is 1. The molecule has 0 unspecified atom stereocenters. The molecule has 1 aliphatic heterocycles. The van der Waals surface area contributed by atoms with Gasteiger partial charge in [0.2, 0.25) is 0 Å². The van der Waals surface area contributed by atoms with Crippen LogP contribution in [0.2, 0.25) is 0 Å². The van der Waals surface area contributed by atoms with E-state index >= 15 is 0 Å². The summed E-state index contributed by atoms with van der Waals surface area (Å²) in [4.78, 5) is 8.82. The fraction of sp³-hybridized carbons (Fsp3) is 0.238. The van der Waals surface area contributed by atoms with Crippen LogP contribution in [-0.4, -0.2) is 28.7 Å². The minimum absolute atomic E-state index is 0. The average Bonchev–Trinajstić information content (AvgIpc) is 3.01. The Labute approximate surface area is 187 Å². The molecule has 8 heteroatoms. The van der Waals surface area contributed by atoms with Crippen molar-refractivity contribution in [1.82, 2.24) is 9.55 Å². The number of benzene rings is 2. The van der Waals surface area contributed by atoms with E-state index in [0.717, 1.165) is 30.2 Å². The first-order valence-electron chi connectivity index (χ1n) is 9.28. The van der Waals surface area contributed by atoms with E-state index in [4.69, 9.17) is 15.2 Å². The molecular formula is C21H24IN5O2. The molecule has 4 rings (SSSR count).